The molecule has 2 aromatic rings. The smallest absolute Gasteiger partial charge is 0.162 e. The number of rotatable bonds is 6. The summed E-state index contributed by atoms with van der Waals surface area (Å²) in [6.45, 7) is 4.20. The van der Waals surface area contributed by atoms with Gasteiger partial charge in [-0.25, -0.2) is 0 Å². The quantitative estimate of drug-likeness (QED) is 0.817. The highest BCUT2D eigenvalue weighted by Crippen LogP contribution is 2.30. The van der Waals surface area contributed by atoms with Crippen LogP contribution in [0.3, 0.4) is 0 Å². The van der Waals surface area contributed by atoms with E-state index in [0.29, 0.717) is 18.1 Å². The van der Waals surface area contributed by atoms with E-state index < -0.39 is 0 Å². The Hall–Kier alpha value is -2.26. The molecule has 104 valence electrons. The summed E-state index contributed by atoms with van der Waals surface area (Å²) in [6, 6.07) is 15.5. The highest BCUT2D eigenvalue weighted by molar-refractivity contribution is 5.44. The molecule has 20 heavy (non-hydrogen) atoms. The second kappa shape index (κ2) is 6.78. The van der Waals surface area contributed by atoms with Crippen molar-refractivity contribution in [3.8, 4) is 11.5 Å². The maximum Gasteiger partial charge on any atom is 0.162 e. The van der Waals surface area contributed by atoms with E-state index in [2.05, 4.69) is 6.58 Å². The van der Waals surface area contributed by atoms with Crippen LogP contribution in [0.1, 0.15) is 17.2 Å². The largest absolute Gasteiger partial charge is 0.493 e. The first-order valence-corrected chi connectivity index (χ1v) is 6.47. The van der Waals surface area contributed by atoms with Crippen molar-refractivity contribution in [1.29, 1.82) is 0 Å². The first-order chi connectivity index (χ1) is 9.74. The number of hydrogen-bond donors (Lipinski definition) is 1. The van der Waals surface area contributed by atoms with Crippen molar-refractivity contribution < 1.29 is 9.47 Å². The van der Waals surface area contributed by atoms with Crippen LogP contribution < -0.4 is 15.2 Å². The van der Waals surface area contributed by atoms with E-state index in [1.54, 1.807) is 13.2 Å². The lowest BCUT2D eigenvalue weighted by atomic mass is 10.1. The fourth-order valence-corrected chi connectivity index (χ4v) is 1.88. The van der Waals surface area contributed by atoms with Gasteiger partial charge in [0, 0.05) is 6.04 Å². The third-order valence-corrected chi connectivity index (χ3v) is 3.06. The third-order valence-electron chi connectivity index (χ3n) is 3.06. The summed E-state index contributed by atoms with van der Waals surface area (Å²) < 4.78 is 11.1. The van der Waals surface area contributed by atoms with Gasteiger partial charge in [0.15, 0.2) is 11.5 Å². The minimum Gasteiger partial charge on any atom is -0.493 e. The zero-order valence-electron chi connectivity index (χ0n) is 11.6. The van der Waals surface area contributed by atoms with Crippen LogP contribution in [-0.4, -0.2) is 7.11 Å². The average molecular weight is 269 g/mol. The van der Waals surface area contributed by atoms with Gasteiger partial charge >= 0.3 is 0 Å². The number of hydrogen-bond acceptors (Lipinski definition) is 3. The number of ether oxygens (including phenoxy) is 2. The van der Waals surface area contributed by atoms with Crippen molar-refractivity contribution in [2.75, 3.05) is 7.11 Å². The molecule has 0 fully saturated rings. The van der Waals surface area contributed by atoms with E-state index >= 15 is 0 Å². The summed E-state index contributed by atoms with van der Waals surface area (Å²) in [5.74, 6) is 1.38. The lowest BCUT2D eigenvalue weighted by Gasteiger charge is -2.14. The van der Waals surface area contributed by atoms with Crippen LogP contribution in [0.15, 0.2) is 61.2 Å². The van der Waals surface area contributed by atoms with Crippen molar-refractivity contribution in [2.45, 2.75) is 12.6 Å². The second-order valence-corrected chi connectivity index (χ2v) is 4.45. The van der Waals surface area contributed by atoms with Crippen molar-refractivity contribution in [1.82, 2.24) is 0 Å². The molecule has 0 bridgehead atoms. The molecule has 3 nitrogen and oxygen atoms in total. The number of benzene rings is 2. The van der Waals surface area contributed by atoms with E-state index in [0.717, 1.165) is 11.1 Å². The van der Waals surface area contributed by atoms with Gasteiger partial charge in [-0.3, -0.25) is 0 Å². The van der Waals surface area contributed by atoms with Gasteiger partial charge < -0.3 is 15.2 Å². The Morgan fingerprint density at radius 2 is 1.90 bits per heavy atom. The van der Waals surface area contributed by atoms with Crippen molar-refractivity contribution in [3.63, 3.8) is 0 Å². The van der Waals surface area contributed by atoms with E-state index in [1.165, 1.54) is 0 Å². The van der Waals surface area contributed by atoms with Gasteiger partial charge in [-0.15, -0.1) is 6.58 Å². The molecule has 1 atom stereocenters. The Labute approximate surface area is 119 Å². The standard InChI is InChI=1S/C17H19NO2/c1-3-15(18)14-9-10-16(19-2)17(11-14)20-12-13-7-5-4-6-8-13/h3-11,15H,1,12,18H2,2H3/t15-/m1/s1. The van der Waals surface area contributed by atoms with Crippen LogP contribution in [-0.2, 0) is 6.61 Å². The minimum absolute atomic E-state index is 0.208. The van der Waals surface area contributed by atoms with Crippen molar-refractivity contribution in [2.24, 2.45) is 5.73 Å². The maximum absolute atomic E-state index is 5.95. The Bertz CT molecular complexity index is 566. The summed E-state index contributed by atoms with van der Waals surface area (Å²) >= 11 is 0. The molecular formula is C17H19NO2. The highest BCUT2D eigenvalue weighted by Gasteiger charge is 2.09. The molecule has 0 saturated carbocycles. The molecule has 2 N–H and O–H groups in total. The lowest BCUT2D eigenvalue weighted by Crippen LogP contribution is -2.07. The molecule has 0 radical (unpaired) electrons. The van der Waals surface area contributed by atoms with Crippen LogP contribution in [0.25, 0.3) is 0 Å². The zero-order valence-corrected chi connectivity index (χ0v) is 11.6. The minimum atomic E-state index is -0.208. The van der Waals surface area contributed by atoms with E-state index in [1.807, 2.05) is 48.5 Å². The molecule has 2 rings (SSSR count). The highest BCUT2D eigenvalue weighted by atomic mass is 16.5. The van der Waals surface area contributed by atoms with Gasteiger partial charge in [-0.1, -0.05) is 42.5 Å². The van der Waals surface area contributed by atoms with E-state index in [-0.39, 0.29) is 6.04 Å². The van der Waals surface area contributed by atoms with E-state index in [9.17, 15) is 0 Å². The average Bonchev–Trinajstić information content (AvgIpc) is 2.52. The molecule has 0 saturated heterocycles. The lowest BCUT2D eigenvalue weighted by molar-refractivity contribution is 0.284. The molecule has 0 heterocycles. The molecule has 0 aliphatic rings. The summed E-state index contributed by atoms with van der Waals surface area (Å²) in [7, 11) is 1.62. The van der Waals surface area contributed by atoms with E-state index in [4.69, 9.17) is 15.2 Å². The maximum atomic E-state index is 5.95. The molecule has 0 amide bonds. The van der Waals surface area contributed by atoms with Gasteiger partial charge in [0.25, 0.3) is 0 Å². The molecular weight excluding hydrogens is 250 g/mol. The first kappa shape index (κ1) is 14.2. The topological polar surface area (TPSA) is 44.5 Å². The van der Waals surface area contributed by atoms with Crippen LogP contribution >= 0.6 is 0 Å². The van der Waals surface area contributed by atoms with Gasteiger partial charge in [-0.05, 0) is 23.3 Å². The number of methoxy groups -OCH3 is 1. The molecule has 0 spiro atoms. The van der Waals surface area contributed by atoms with Gasteiger partial charge in [0.1, 0.15) is 6.61 Å². The fraction of sp³-hybridized carbons (Fsp3) is 0.176. The zero-order chi connectivity index (χ0) is 14.4. The third kappa shape index (κ3) is 3.39. The Kier molecular flexibility index (Phi) is 4.80. The Morgan fingerprint density at radius 3 is 2.55 bits per heavy atom. The molecule has 0 aromatic heterocycles. The van der Waals surface area contributed by atoms with Crippen LogP contribution in [0.5, 0.6) is 11.5 Å². The normalized spacial score (nSPS) is 11.7. The fourth-order valence-electron chi connectivity index (χ4n) is 1.88. The molecule has 0 aliphatic carbocycles. The molecule has 0 aliphatic heterocycles. The molecule has 0 unspecified atom stereocenters. The summed E-state index contributed by atoms with van der Waals surface area (Å²) in [5.41, 5.74) is 8.00. The summed E-state index contributed by atoms with van der Waals surface area (Å²) in [6.07, 6.45) is 1.70. The van der Waals surface area contributed by atoms with Crippen LogP contribution in [0, 0.1) is 0 Å². The molecule has 2 aromatic carbocycles. The van der Waals surface area contributed by atoms with Crippen molar-refractivity contribution >= 4 is 0 Å². The number of nitrogens with two attached hydrogens (primary N) is 1. The predicted octanol–water partition coefficient (Wildman–Crippen LogP) is 3.46. The van der Waals surface area contributed by atoms with Gasteiger partial charge in [-0.2, -0.15) is 0 Å². The van der Waals surface area contributed by atoms with Crippen LogP contribution in [0.2, 0.25) is 0 Å². The second-order valence-electron chi connectivity index (χ2n) is 4.45. The Morgan fingerprint density at radius 1 is 1.15 bits per heavy atom. The Balaban J connectivity index is 2.18. The van der Waals surface area contributed by atoms with Gasteiger partial charge in [0.2, 0.25) is 0 Å². The predicted molar refractivity (Wildman–Crippen MR) is 80.9 cm³/mol. The first-order valence-electron chi connectivity index (χ1n) is 6.47. The van der Waals surface area contributed by atoms with Crippen molar-refractivity contribution in [3.05, 3.63) is 72.3 Å². The van der Waals surface area contributed by atoms with Crippen LogP contribution in [0.4, 0.5) is 0 Å². The molecule has 3 heteroatoms. The SMILES string of the molecule is C=C[C@@H](N)c1ccc(OC)c(OCc2ccccc2)c1. The summed E-state index contributed by atoms with van der Waals surface area (Å²) in [5, 5.41) is 0. The van der Waals surface area contributed by atoms with Gasteiger partial charge in [0.05, 0.1) is 7.11 Å². The summed E-state index contributed by atoms with van der Waals surface area (Å²) in [4.78, 5) is 0. The monoisotopic (exact) mass is 269 g/mol.